The van der Waals surface area contributed by atoms with Crippen molar-refractivity contribution in [3.05, 3.63) is 21.9 Å². The highest BCUT2D eigenvalue weighted by molar-refractivity contribution is 9.10. The number of ether oxygens (including phenoxy) is 2. The standard InChI is InChI=1S/C12H12BrFO4/c1-12(2,4-8(15)16)6-3-7-11(18-5-17-7)9(13)10(6)14/h3H,4-5H2,1-2H3,(H,15,16). The van der Waals surface area contributed by atoms with Crippen LogP contribution in [-0.2, 0) is 10.2 Å². The Labute approximate surface area is 112 Å². The van der Waals surface area contributed by atoms with Crippen LogP contribution in [0.15, 0.2) is 10.5 Å². The number of fused-ring (bicyclic) bond motifs is 1. The average molecular weight is 319 g/mol. The van der Waals surface area contributed by atoms with Crippen LogP contribution in [0.3, 0.4) is 0 Å². The molecule has 1 aliphatic heterocycles. The fourth-order valence-electron chi connectivity index (χ4n) is 1.95. The van der Waals surface area contributed by atoms with Gasteiger partial charge in [-0.15, -0.1) is 0 Å². The molecule has 0 bridgehead atoms. The zero-order valence-corrected chi connectivity index (χ0v) is 11.5. The Balaban J connectivity index is 2.52. The summed E-state index contributed by atoms with van der Waals surface area (Å²) in [6, 6.07) is 1.51. The minimum atomic E-state index is -0.979. The Morgan fingerprint density at radius 1 is 1.56 bits per heavy atom. The van der Waals surface area contributed by atoms with Crippen molar-refractivity contribution in [2.75, 3.05) is 6.79 Å². The Hall–Kier alpha value is -1.30. The molecule has 0 fully saturated rings. The van der Waals surface area contributed by atoms with Gasteiger partial charge in [-0.25, -0.2) is 4.39 Å². The summed E-state index contributed by atoms with van der Waals surface area (Å²) in [7, 11) is 0. The van der Waals surface area contributed by atoms with Crippen molar-refractivity contribution in [2.45, 2.75) is 25.7 Å². The van der Waals surface area contributed by atoms with Crippen molar-refractivity contribution in [2.24, 2.45) is 0 Å². The van der Waals surface area contributed by atoms with Gasteiger partial charge in [-0.1, -0.05) is 13.8 Å². The zero-order valence-electron chi connectivity index (χ0n) is 9.92. The van der Waals surface area contributed by atoms with Crippen molar-refractivity contribution in [3.8, 4) is 11.5 Å². The molecule has 0 spiro atoms. The third kappa shape index (κ3) is 2.16. The van der Waals surface area contributed by atoms with E-state index in [1.54, 1.807) is 13.8 Å². The molecule has 0 radical (unpaired) electrons. The van der Waals surface area contributed by atoms with E-state index >= 15 is 0 Å². The summed E-state index contributed by atoms with van der Waals surface area (Å²) < 4.78 is 24.7. The predicted molar refractivity (Wildman–Crippen MR) is 65.5 cm³/mol. The summed E-state index contributed by atoms with van der Waals surface area (Å²) >= 11 is 3.11. The fraction of sp³-hybridized carbons (Fsp3) is 0.417. The quantitative estimate of drug-likeness (QED) is 0.930. The van der Waals surface area contributed by atoms with Crippen LogP contribution in [0.4, 0.5) is 4.39 Å². The maximum Gasteiger partial charge on any atom is 0.304 e. The van der Waals surface area contributed by atoms with E-state index in [9.17, 15) is 9.18 Å². The van der Waals surface area contributed by atoms with Gasteiger partial charge in [0.05, 0.1) is 10.9 Å². The van der Waals surface area contributed by atoms with E-state index in [0.29, 0.717) is 17.1 Å². The monoisotopic (exact) mass is 318 g/mol. The molecular weight excluding hydrogens is 307 g/mol. The molecule has 98 valence electrons. The van der Waals surface area contributed by atoms with Crippen LogP contribution >= 0.6 is 15.9 Å². The number of hydrogen-bond donors (Lipinski definition) is 1. The Morgan fingerprint density at radius 2 is 2.22 bits per heavy atom. The highest BCUT2D eigenvalue weighted by Crippen LogP contribution is 2.45. The summed E-state index contributed by atoms with van der Waals surface area (Å²) in [6.07, 6.45) is -0.171. The molecule has 1 aliphatic rings. The molecule has 0 saturated heterocycles. The SMILES string of the molecule is CC(C)(CC(=O)O)c1cc2c(c(Br)c1F)OCO2. The minimum absolute atomic E-state index is 0.0379. The van der Waals surface area contributed by atoms with Crippen molar-refractivity contribution in [1.82, 2.24) is 0 Å². The van der Waals surface area contributed by atoms with Gasteiger partial charge < -0.3 is 14.6 Å². The molecule has 0 unspecified atom stereocenters. The molecule has 0 amide bonds. The second-order valence-corrected chi connectivity index (χ2v) is 5.53. The van der Waals surface area contributed by atoms with Crippen LogP contribution in [0.1, 0.15) is 25.8 Å². The fourth-order valence-corrected chi connectivity index (χ4v) is 2.47. The lowest BCUT2D eigenvalue weighted by Gasteiger charge is -2.24. The maximum absolute atomic E-state index is 14.2. The number of carboxylic acid groups (broad SMARTS) is 1. The van der Waals surface area contributed by atoms with Gasteiger partial charge in [0.2, 0.25) is 6.79 Å². The highest BCUT2D eigenvalue weighted by Gasteiger charge is 2.32. The highest BCUT2D eigenvalue weighted by atomic mass is 79.9. The molecule has 0 atom stereocenters. The van der Waals surface area contributed by atoms with E-state index in [2.05, 4.69) is 15.9 Å². The second kappa shape index (κ2) is 4.42. The third-order valence-electron chi connectivity index (χ3n) is 2.87. The van der Waals surface area contributed by atoms with Gasteiger partial charge in [-0.05, 0) is 27.6 Å². The summed E-state index contributed by atoms with van der Waals surface area (Å²) in [5.41, 5.74) is -0.541. The lowest BCUT2D eigenvalue weighted by molar-refractivity contribution is -0.138. The van der Waals surface area contributed by atoms with Crippen molar-refractivity contribution < 1.29 is 23.8 Å². The summed E-state index contributed by atoms with van der Waals surface area (Å²) in [4.78, 5) is 10.8. The van der Waals surface area contributed by atoms with Gasteiger partial charge in [-0.2, -0.15) is 0 Å². The molecule has 18 heavy (non-hydrogen) atoms. The summed E-state index contributed by atoms with van der Waals surface area (Å²) in [5, 5.41) is 8.87. The molecule has 1 aromatic rings. The van der Waals surface area contributed by atoms with Gasteiger partial charge in [-0.3, -0.25) is 4.79 Å². The molecule has 4 nitrogen and oxygen atoms in total. The van der Waals surface area contributed by atoms with Crippen molar-refractivity contribution in [3.63, 3.8) is 0 Å². The number of rotatable bonds is 3. The molecule has 2 rings (SSSR count). The minimum Gasteiger partial charge on any atom is -0.481 e. The van der Waals surface area contributed by atoms with E-state index in [4.69, 9.17) is 14.6 Å². The first-order chi connectivity index (χ1) is 8.33. The van der Waals surface area contributed by atoms with Crippen LogP contribution in [0.25, 0.3) is 0 Å². The topological polar surface area (TPSA) is 55.8 Å². The van der Waals surface area contributed by atoms with Gasteiger partial charge >= 0.3 is 5.97 Å². The van der Waals surface area contributed by atoms with Gasteiger partial charge in [0.25, 0.3) is 0 Å². The van der Waals surface area contributed by atoms with E-state index in [-0.39, 0.29) is 17.7 Å². The summed E-state index contributed by atoms with van der Waals surface area (Å²) in [5.74, 6) is -0.738. The molecule has 1 heterocycles. The second-order valence-electron chi connectivity index (χ2n) is 4.74. The van der Waals surface area contributed by atoms with Gasteiger partial charge in [0.1, 0.15) is 5.82 Å². The Kier molecular flexibility index (Phi) is 3.23. The van der Waals surface area contributed by atoms with E-state index in [0.717, 1.165) is 0 Å². The largest absolute Gasteiger partial charge is 0.481 e. The lowest BCUT2D eigenvalue weighted by atomic mass is 9.81. The Bertz CT molecular complexity index is 513. The smallest absolute Gasteiger partial charge is 0.304 e. The molecule has 0 saturated carbocycles. The number of benzene rings is 1. The molecule has 1 N–H and O–H groups in total. The predicted octanol–water partition coefficient (Wildman–Crippen LogP) is 3.07. The number of hydrogen-bond acceptors (Lipinski definition) is 3. The first-order valence-corrected chi connectivity index (χ1v) is 6.12. The van der Waals surface area contributed by atoms with Crippen molar-refractivity contribution >= 4 is 21.9 Å². The Morgan fingerprint density at radius 3 is 2.83 bits per heavy atom. The molecule has 0 aromatic heterocycles. The number of aliphatic carboxylic acids is 1. The molecule has 1 aromatic carbocycles. The normalized spacial score (nSPS) is 13.8. The van der Waals surface area contributed by atoms with E-state index < -0.39 is 17.2 Å². The first-order valence-electron chi connectivity index (χ1n) is 5.33. The maximum atomic E-state index is 14.2. The lowest BCUT2D eigenvalue weighted by Crippen LogP contribution is -2.23. The average Bonchev–Trinajstić information content (AvgIpc) is 2.69. The summed E-state index contributed by atoms with van der Waals surface area (Å²) in [6.45, 7) is 3.39. The third-order valence-corrected chi connectivity index (χ3v) is 3.58. The number of carboxylic acids is 1. The molecular formula is C12H12BrFO4. The van der Waals surface area contributed by atoms with Crippen molar-refractivity contribution in [1.29, 1.82) is 0 Å². The van der Waals surface area contributed by atoms with Crippen LogP contribution in [0.2, 0.25) is 0 Å². The molecule has 0 aliphatic carbocycles. The molecule has 6 heteroatoms. The van der Waals surface area contributed by atoms with Crippen LogP contribution in [0, 0.1) is 5.82 Å². The first kappa shape index (κ1) is 13.1. The number of carbonyl (C=O) groups is 1. The van der Waals surface area contributed by atoms with Crippen LogP contribution < -0.4 is 9.47 Å². The number of halogens is 2. The van der Waals surface area contributed by atoms with Crippen LogP contribution in [0.5, 0.6) is 11.5 Å². The van der Waals surface area contributed by atoms with Gasteiger partial charge in [0, 0.05) is 5.41 Å². The van der Waals surface area contributed by atoms with E-state index in [1.165, 1.54) is 6.07 Å². The zero-order chi connectivity index (χ0) is 13.5. The van der Waals surface area contributed by atoms with E-state index in [1.807, 2.05) is 0 Å². The van der Waals surface area contributed by atoms with Crippen LogP contribution in [-0.4, -0.2) is 17.9 Å². The van der Waals surface area contributed by atoms with Gasteiger partial charge in [0.15, 0.2) is 11.5 Å².